The number of aromatic nitrogens is 2. The first-order valence-corrected chi connectivity index (χ1v) is 11.7. The van der Waals surface area contributed by atoms with Crippen molar-refractivity contribution >= 4 is 5.95 Å². The van der Waals surface area contributed by atoms with Gasteiger partial charge < -0.3 is 14.7 Å². The van der Waals surface area contributed by atoms with Gasteiger partial charge >= 0.3 is 0 Å². The Hall–Kier alpha value is -1.96. The van der Waals surface area contributed by atoms with E-state index in [1.807, 2.05) is 38.3 Å². The molecule has 1 aromatic heterocycles. The van der Waals surface area contributed by atoms with Crippen LogP contribution in [0.5, 0.6) is 0 Å². The van der Waals surface area contributed by atoms with Gasteiger partial charge in [0.25, 0.3) is 0 Å². The number of ether oxygens (including phenoxy) is 1. The Bertz CT molecular complexity index is 810. The molecule has 7 heteroatoms. The summed E-state index contributed by atoms with van der Waals surface area (Å²) in [5, 5.41) is 11.1. The first-order valence-electron chi connectivity index (χ1n) is 11.7. The van der Waals surface area contributed by atoms with Crippen LogP contribution >= 0.6 is 0 Å². The fraction of sp³-hybridized carbons (Fsp3) is 0.667. The lowest BCUT2D eigenvalue weighted by molar-refractivity contribution is -0.107. The quantitative estimate of drug-likeness (QED) is 0.530. The van der Waals surface area contributed by atoms with Crippen molar-refractivity contribution in [3.8, 4) is 0 Å². The molecule has 2 fully saturated rings. The molecular weight excluding hydrogens is 390 g/mol. The zero-order valence-electron chi connectivity index (χ0n) is 19.3. The fourth-order valence-electron chi connectivity index (χ4n) is 4.75. The lowest BCUT2D eigenvalue weighted by Gasteiger charge is -2.43. The maximum Gasteiger partial charge on any atom is 0.225 e. The minimum absolute atomic E-state index is 0.438. The highest BCUT2D eigenvalue weighted by molar-refractivity contribution is 5.35. The van der Waals surface area contributed by atoms with Gasteiger partial charge in [0.05, 0.1) is 18.6 Å². The molecule has 2 aliphatic heterocycles. The van der Waals surface area contributed by atoms with Gasteiger partial charge in [-0.25, -0.2) is 9.97 Å². The minimum atomic E-state index is -0.988. The molecule has 31 heavy (non-hydrogen) atoms. The Labute approximate surface area is 186 Å². The molecule has 1 aromatic rings. The smallest absolute Gasteiger partial charge is 0.225 e. The van der Waals surface area contributed by atoms with E-state index in [2.05, 4.69) is 14.7 Å². The van der Waals surface area contributed by atoms with Crippen molar-refractivity contribution in [1.29, 1.82) is 0 Å². The van der Waals surface area contributed by atoms with Crippen LogP contribution in [0.4, 0.5) is 5.95 Å². The van der Waals surface area contributed by atoms with Crippen LogP contribution in [0.3, 0.4) is 0 Å². The molecule has 1 saturated carbocycles. The van der Waals surface area contributed by atoms with E-state index in [9.17, 15) is 5.11 Å². The van der Waals surface area contributed by atoms with Gasteiger partial charge in [0.2, 0.25) is 5.95 Å². The molecule has 1 saturated heterocycles. The maximum atomic E-state index is 11.1. The third kappa shape index (κ3) is 5.10. The highest BCUT2D eigenvalue weighted by Crippen LogP contribution is 2.29. The van der Waals surface area contributed by atoms with Gasteiger partial charge in [-0.05, 0) is 32.8 Å². The number of anilines is 1. The Kier molecular flexibility index (Phi) is 6.94. The van der Waals surface area contributed by atoms with E-state index in [1.54, 1.807) is 7.11 Å². The van der Waals surface area contributed by atoms with Gasteiger partial charge in [-0.15, -0.1) is 0 Å². The number of nitrogens with zero attached hydrogens (tertiary/aromatic N) is 5. The molecule has 1 aliphatic carbocycles. The molecule has 0 bridgehead atoms. The Balaban J connectivity index is 1.38. The first kappa shape index (κ1) is 22.2. The number of allylic oxidation sites excluding steroid dienone is 3. The van der Waals surface area contributed by atoms with Crippen molar-refractivity contribution in [3.63, 3.8) is 0 Å². The van der Waals surface area contributed by atoms with Gasteiger partial charge in [0.15, 0.2) is 0 Å². The first-order chi connectivity index (χ1) is 15.0. The highest BCUT2D eigenvalue weighted by atomic mass is 16.5. The molecule has 1 unspecified atom stereocenters. The van der Waals surface area contributed by atoms with Crippen molar-refractivity contribution in [2.45, 2.75) is 64.3 Å². The molecule has 0 amide bonds. The molecule has 170 valence electrons. The lowest BCUT2D eigenvalue weighted by atomic mass is 9.91. The second-order valence-corrected chi connectivity index (χ2v) is 9.18. The number of aliphatic hydroxyl groups is 1. The van der Waals surface area contributed by atoms with Crippen LogP contribution in [-0.4, -0.2) is 76.5 Å². The summed E-state index contributed by atoms with van der Waals surface area (Å²) in [6.45, 7) is 9.49. The fourth-order valence-corrected chi connectivity index (χ4v) is 4.75. The second-order valence-electron chi connectivity index (χ2n) is 9.18. The van der Waals surface area contributed by atoms with E-state index < -0.39 is 5.72 Å². The van der Waals surface area contributed by atoms with E-state index in [-0.39, 0.29) is 0 Å². The van der Waals surface area contributed by atoms with Crippen LogP contribution in [0.1, 0.15) is 50.8 Å². The van der Waals surface area contributed by atoms with Gasteiger partial charge in [-0.3, -0.25) is 9.80 Å². The molecule has 4 rings (SSSR count). The van der Waals surface area contributed by atoms with Gasteiger partial charge in [0.1, 0.15) is 5.72 Å². The molecule has 0 aromatic carbocycles. The van der Waals surface area contributed by atoms with Gasteiger partial charge in [-0.2, -0.15) is 0 Å². The van der Waals surface area contributed by atoms with Crippen LogP contribution in [0.15, 0.2) is 30.2 Å². The van der Waals surface area contributed by atoms with Gasteiger partial charge in [0, 0.05) is 69.9 Å². The number of methoxy groups -OCH3 is 1. The summed E-state index contributed by atoms with van der Waals surface area (Å²) in [5.74, 6) is 1.63. The predicted octanol–water partition coefficient (Wildman–Crippen LogP) is 2.71. The zero-order chi connectivity index (χ0) is 21.8. The molecule has 0 radical (unpaired) electrons. The molecule has 3 aliphatic rings. The number of piperazine rings is 1. The Morgan fingerprint density at radius 3 is 2.68 bits per heavy atom. The van der Waals surface area contributed by atoms with E-state index in [4.69, 9.17) is 14.7 Å². The predicted molar refractivity (Wildman–Crippen MR) is 123 cm³/mol. The number of fused-ring (bicyclic) bond motifs is 1. The summed E-state index contributed by atoms with van der Waals surface area (Å²) < 4.78 is 5.45. The molecule has 0 spiro atoms. The van der Waals surface area contributed by atoms with Crippen LogP contribution in [-0.2, 0) is 17.7 Å². The van der Waals surface area contributed by atoms with Crippen molar-refractivity contribution in [1.82, 2.24) is 19.8 Å². The van der Waals surface area contributed by atoms with E-state index in [0.717, 1.165) is 68.2 Å². The summed E-state index contributed by atoms with van der Waals surface area (Å²) in [4.78, 5) is 16.7. The topological polar surface area (TPSA) is 65.0 Å². The summed E-state index contributed by atoms with van der Waals surface area (Å²) in [6, 6.07) is 0.817. The average Bonchev–Trinajstić information content (AvgIpc) is 2.75. The summed E-state index contributed by atoms with van der Waals surface area (Å²) >= 11 is 0. The van der Waals surface area contributed by atoms with Crippen molar-refractivity contribution < 1.29 is 9.84 Å². The standard InChI is InChI=1S/C24H37N5O2/c1-4-5-9-21(31-3)16-24(2,30)29-11-10-22-19(18-29)17-25-23(26-22)28-14-12-27(13-15-28)20-7-6-8-20/h4-5,9,17,20,30H,6-8,10-16,18H2,1-3H3/b5-4-,21-9+. The van der Waals surface area contributed by atoms with Crippen LogP contribution < -0.4 is 4.90 Å². The largest absolute Gasteiger partial charge is 0.501 e. The molecule has 3 heterocycles. The Morgan fingerprint density at radius 1 is 1.26 bits per heavy atom. The number of rotatable bonds is 7. The minimum Gasteiger partial charge on any atom is -0.501 e. The number of hydrogen-bond acceptors (Lipinski definition) is 7. The van der Waals surface area contributed by atoms with E-state index in [0.29, 0.717) is 13.0 Å². The van der Waals surface area contributed by atoms with E-state index in [1.165, 1.54) is 19.3 Å². The number of hydrogen-bond donors (Lipinski definition) is 1. The maximum absolute atomic E-state index is 11.1. The summed E-state index contributed by atoms with van der Waals surface area (Å²) in [6.07, 6.45) is 13.1. The van der Waals surface area contributed by atoms with Crippen molar-refractivity contribution in [3.05, 3.63) is 41.4 Å². The molecule has 1 N–H and O–H groups in total. The zero-order valence-corrected chi connectivity index (χ0v) is 19.3. The normalized spacial score (nSPS) is 23.5. The average molecular weight is 428 g/mol. The third-order valence-electron chi connectivity index (χ3n) is 7.04. The highest BCUT2D eigenvalue weighted by Gasteiger charge is 2.34. The van der Waals surface area contributed by atoms with Crippen LogP contribution in [0.25, 0.3) is 0 Å². The van der Waals surface area contributed by atoms with Crippen LogP contribution in [0.2, 0.25) is 0 Å². The lowest BCUT2D eigenvalue weighted by Crippen LogP contribution is -2.52. The molecular formula is C24H37N5O2. The van der Waals surface area contributed by atoms with Crippen molar-refractivity contribution in [2.75, 3.05) is 44.7 Å². The Morgan fingerprint density at radius 2 is 2.03 bits per heavy atom. The SMILES string of the molecule is C/C=C\C=C(/CC(C)(O)N1CCc2nc(N3CCN(C4CCC4)CC3)ncc2C1)OC. The molecule has 7 nitrogen and oxygen atoms in total. The second kappa shape index (κ2) is 9.67. The monoisotopic (exact) mass is 427 g/mol. The third-order valence-corrected chi connectivity index (χ3v) is 7.04. The van der Waals surface area contributed by atoms with Crippen molar-refractivity contribution in [2.24, 2.45) is 0 Å². The van der Waals surface area contributed by atoms with Crippen LogP contribution in [0, 0.1) is 0 Å². The summed E-state index contributed by atoms with van der Waals surface area (Å²) in [5.41, 5.74) is 1.24. The summed E-state index contributed by atoms with van der Waals surface area (Å²) in [7, 11) is 1.65. The van der Waals surface area contributed by atoms with Gasteiger partial charge in [-0.1, -0.05) is 18.6 Å². The molecule has 1 atom stereocenters. The van der Waals surface area contributed by atoms with E-state index >= 15 is 0 Å².